The van der Waals surface area contributed by atoms with E-state index in [0.717, 1.165) is 0 Å². The van der Waals surface area contributed by atoms with E-state index in [1.165, 1.54) is 25.4 Å². The Morgan fingerprint density at radius 1 is 1.35 bits per heavy atom. The first-order chi connectivity index (χ1) is 9.49. The molecule has 20 heavy (non-hydrogen) atoms. The number of ether oxygens (including phenoxy) is 2. The van der Waals surface area contributed by atoms with Gasteiger partial charge in [-0.3, -0.25) is 4.79 Å². The largest absolute Gasteiger partial charge is 0.466 e. The van der Waals surface area contributed by atoms with Crippen molar-refractivity contribution in [3.63, 3.8) is 0 Å². The molecular weight excluding hydrogens is 266 g/mol. The number of esters is 2. The number of rotatable bonds is 6. The zero-order valence-corrected chi connectivity index (χ0v) is 11.3. The zero-order chi connectivity index (χ0) is 15.1. The second-order valence-electron chi connectivity index (χ2n) is 3.99. The lowest BCUT2D eigenvalue weighted by Crippen LogP contribution is -2.23. The predicted octanol–water partition coefficient (Wildman–Crippen LogP) is 0.216. The number of nitrogens with zero attached hydrogens (tertiary/aromatic N) is 1. The van der Waals surface area contributed by atoms with E-state index >= 15 is 0 Å². The van der Waals surface area contributed by atoms with Gasteiger partial charge in [-0.15, -0.1) is 0 Å². The van der Waals surface area contributed by atoms with E-state index in [2.05, 4.69) is 14.5 Å². The maximum atomic E-state index is 11.2. The highest BCUT2D eigenvalue weighted by Crippen LogP contribution is 2.19. The van der Waals surface area contributed by atoms with Crippen molar-refractivity contribution in [1.82, 2.24) is 4.98 Å². The first-order valence-electron chi connectivity index (χ1n) is 6.05. The van der Waals surface area contributed by atoms with Crippen LogP contribution in [0.5, 0.6) is 0 Å². The lowest BCUT2D eigenvalue weighted by atomic mass is 10.0. The second kappa shape index (κ2) is 7.56. The van der Waals surface area contributed by atoms with Gasteiger partial charge in [-0.25, -0.2) is 9.78 Å². The number of methoxy groups -OCH3 is 1. The second-order valence-corrected chi connectivity index (χ2v) is 3.99. The summed E-state index contributed by atoms with van der Waals surface area (Å²) in [4.78, 5) is 26.2. The zero-order valence-electron chi connectivity index (χ0n) is 11.3. The van der Waals surface area contributed by atoms with Crippen LogP contribution in [-0.4, -0.2) is 47.0 Å². The van der Waals surface area contributed by atoms with E-state index in [0.29, 0.717) is 0 Å². The smallest absolute Gasteiger partial charge is 0.356 e. The van der Waals surface area contributed by atoms with Gasteiger partial charge < -0.3 is 19.7 Å². The summed E-state index contributed by atoms with van der Waals surface area (Å²) in [7, 11) is 1.23. The first-order valence-corrected chi connectivity index (χ1v) is 6.05. The van der Waals surface area contributed by atoms with Crippen LogP contribution in [0.3, 0.4) is 0 Å². The summed E-state index contributed by atoms with van der Waals surface area (Å²) < 4.78 is 9.17. The van der Waals surface area contributed by atoms with E-state index in [1.54, 1.807) is 6.92 Å². The van der Waals surface area contributed by atoms with Crippen molar-refractivity contribution in [1.29, 1.82) is 0 Å². The van der Waals surface area contributed by atoms with Gasteiger partial charge in [-0.1, -0.05) is 6.07 Å². The maximum Gasteiger partial charge on any atom is 0.356 e. The number of aromatic nitrogens is 1. The van der Waals surface area contributed by atoms with Crippen LogP contribution < -0.4 is 0 Å². The highest BCUT2D eigenvalue weighted by atomic mass is 16.5. The number of aliphatic hydroxyl groups is 2. The van der Waals surface area contributed by atoms with Gasteiger partial charge in [-0.05, 0) is 13.0 Å². The SMILES string of the molecule is CCOC(=O)CC(O)C(O)c1ccc(C(=O)OC)nc1. The van der Waals surface area contributed by atoms with Crippen LogP contribution in [0.25, 0.3) is 0 Å². The molecular formula is C13H17NO6. The van der Waals surface area contributed by atoms with Crippen molar-refractivity contribution in [2.24, 2.45) is 0 Å². The Labute approximate surface area is 116 Å². The molecule has 2 unspecified atom stereocenters. The third-order valence-corrected chi connectivity index (χ3v) is 2.57. The van der Waals surface area contributed by atoms with E-state index in [4.69, 9.17) is 0 Å². The first kappa shape index (κ1) is 16.1. The third kappa shape index (κ3) is 4.29. The Kier molecular flexibility index (Phi) is 6.08. The minimum absolute atomic E-state index is 0.0864. The van der Waals surface area contributed by atoms with E-state index in [9.17, 15) is 19.8 Å². The van der Waals surface area contributed by atoms with Crippen LogP contribution in [0.15, 0.2) is 18.3 Å². The summed E-state index contributed by atoms with van der Waals surface area (Å²) in [5.41, 5.74) is 0.373. The molecule has 1 rings (SSSR count). The molecule has 1 aromatic rings. The van der Waals surface area contributed by atoms with Crippen LogP contribution in [0.2, 0.25) is 0 Å². The van der Waals surface area contributed by atoms with Gasteiger partial charge in [0.15, 0.2) is 0 Å². The van der Waals surface area contributed by atoms with Gasteiger partial charge in [0.2, 0.25) is 0 Å². The number of hydrogen-bond acceptors (Lipinski definition) is 7. The molecule has 0 amide bonds. The Morgan fingerprint density at radius 3 is 2.55 bits per heavy atom. The fourth-order valence-corrected chi connectivity index (χ4v) is 1.53. The number of hydrogen-bond donors (Lipinski definition) is 2. The van der Waals surface area contributed by atoms with Crippen molar-refractivity contribution in [3.05, 3.63) is 29.6 Å². The molecule has 1 aromatic heterocycles. The van der Waals surface area contributed by atoms with Crippen LogP contribution in [0, 0.1) is 0 Å². The highest BCUT2D eigenvalue weighted by Gasteiger charge is 2.22. The molecule has 0 saturated carbocycles. The molecule has 2 atom stereocenters. The summed E-state index contributed by atoms with van der Waals surface area (Å²) in [6.45, 7) is 1.85. The number of carbonyl (C=O) groups excluding carboxylic acids is 2. The van der Waals surface area contributed by atoms with Crippen molar-refractivity contribution in [2.45, 2.75) is 25.6 Å². The topological polar surface area (TPSA) is 106 Å². The van der Waals surface area contributed by atoms with Gasteiger partial charge in [0.25, 0.3) is 0 Å². The minimum Gasteiger partial charge on any atom is -0.466 e. The molecule has 0 bridgehead atoms. The Hall–Kier alpha value is -1.99. The van der Waals surface area contributed by atoms with Gasteiger partial charge in [0, 0.05) is 11.8 Å². The van der Waals surface area contributed by atoms with Crippen molar-refractivity contribution >= 4 is 11.9 Å². The molecule has 0 radical (unpaired) electrons. The van der Waals surface area contributed by atoms with Crippen LogP contribution in [0.1, 0.15) is 35.5 Å². The molecule has 110 valence electrons. The molecule has 0 aromatic carbocycles. The molecule has 0 aliphatic rings. The molecule has 7 nitrogen and oxygen atoms in total. The average Bonchev–Trinajstić information content (AvgIpc) is 2.46. The minimum atomic E-state index is -1.31. The number of carbonyl (C=O) groups is 2. The van der Waals surface area contributed by atoms with Crippen molar-refractivity contribution in [3.8, 4) is 0 Å². The fraction of sp³-hybridized carbons (Fsp3) is 0.462. The van der Waals surface area contributed by atoms with Gasteiger partial charge in [0.1, 0.15) is 11.8 Å². The summed E-state index contributed by atoms with van der Waals surface area (Å²) in [5.74, 6) is -1.20. The summed E-state index contributed by atoms with van der Waals surface area (Å²) in [6, 6.07) is 2.79. The van der Waals surface area contributed by atoms with Gasteiger partial charge >= 0.3 is 11.9 Å². The molecule has 7 heteroatoms. The molecule has 0 aliphatic heterocycles. The molecule has 0 saturated heterocycles. The average molecular weight is 283 g/mol. The highest BCUT2D eigenvalue weighted by molar-refractivity contribution is 5.86. The summed E-state index contributed by atoms with van der Waals surface area (Å²) in [5, 5.41) is 19.6. The quantitative estimate of drug-likeness (QED) is 0.719. The van der Waals surface area contributed by atoms with E-state index < -0.39 is 24.1 Å². The predicted molar refractivity (Wildman–Crippen MR) is 67.8 cm³/mol. The molecule has 0 fully saturated rings. The fourth-order valence-electron chi connectivity index (χ4n) is 1.53. The van der Waals surface area contributed by atoms with Crippen LogP contribution in [-0.2, 0) is 14.3 Å². The monoisotopic (exact) mass is 283 g/mol. The lowest BCUT2D eigenvalue weighted by Gasteiger charge is -2.17. The maximum absolute atomic E-state index is 11.2. The van der Waals surface area contributed by atoms with Gasteiger partial charge in [-0.2, -0.15) is 0 Å². The third-order valence-electron chi connectivity index (χ3n) is 2.57. The molecule has 0 spiro atoms. The molecule has 2 N–H and O–H groups in total. The Bertz CT molecular complexity index is 458. The van der Waals surface area contributed by atoms with Crippen LogP contribution >= 0.6 is 0 Å². The summed E-state index contributed by atoms with van der Waals surface area (Å²) in [6.07, 6.45) is -1.68. The lowest BCUT2D eigenvalue weighted by molar-refractivity contribution is -0.147. The van der Waals surface area contributed by atoms with Crippen molar-refractivity contribution in [2.75, 3.05) is 13.7 Å². The van der Waals surface area contributed by atoms with Crippen LogP contribution in [0.4, 0.5) is 0 Å². The Balaban J connectivity index is 2.69. The Morgan fingerprint density at radius 2 is 2.05 bits per heavy atom. The molecule has 0 aliphatic carbocycles. The van der Waals surface area contributed by atoms with Gasteiger partial charge in [0.05, 0.1) is 26.2 Å². The van der Waals surface area contributed by atoms with E-state index in [-0.39, 0.29) is 24.3 Å². The number of aliphatic hydroxyl groups excluding tert-OH is 2. The van der Waals surface area contributed by atoms with E-state index in [1.807, 2.05) is 0 Å². The number of pyridine rings is 1. The standard InChI is InChI=1S/C13H17NO6/c1-3-20-11(16)6-10(15)12(17)8-4-5-9(14-7-8)13(18)19-2/h4-5,7,10,12,15,17H,3,6H2,1-2H3. The summed E-state index contributed by atoms with van der Waals surface area (Å²) >= 11 is 0. The normalized spacial score (nSPS) is 13.4. The molecule has 1 heterocycles. The van der Waals surface area contributed by atoms with Crippen molar-refractivity contribution < 1.29 is 29.3 Å².